The van der Waals surface area contributed by atoms with E-state index in [9.17, 15) is 5.11 Å². The molecule has 0 unspecified atom stereocenters. The van der Waals surface area contributed by atoms with Crippen molar-refractivity contribution in [2.45, 2.75) is 25.4 Å². The molecule has 0 saturated heterocycles. The maximum absolute atomic E-state index is 10.7. The third-order valence-corrected chi connectivity index (χ3v) is 3.64. The van der Waals surface area contributed by atoms with E-state index in [4.69, 9.17) is 4.74 Å². The molecule has 2 atom stereocenters. The van der Waals surface area contributed by atoms with Crippen LogP contribution < -0.4 is 4.74 Å². The van der Waals surface area contributed by atoms with Gasteiger partial charge in [0.15, 0.2) is 0 Å². The number of methoxy groups -OCH3 is 1. The average molecular weight is 257 g/mol. The van der Waals surface area contributed by atoms with Gasteiger partial charge in [-0.05, 0) is 36.8 Å². The van der Waals surface area contributed by atoms with Gasteiger partial charge < -0.3 is 9.84 Å². The van der Waals surface area contributed by atoms with Gasteiger partial charge >= 0.3 is 0 Å². The summed E-state index contributed by atoms with van der Waals surface area (Å²) in [4.78, 5) is 4.26. The van der Waals surface area contributed by atoms with E-state index in [-0.39, 0.29) is 5.92 Å². The normalized spacial score (nSPS) is 15.6. The Bertz CT molecular complexity index is 520. The van der Waals surface area contributed by atoms with Crippen LogP contribution in [0.15, 0.2) is 48.7 Å². The van der Waals surface area contributed by atoms with Crippen molar-refractivity contribution in [2.75, 3.05) is 7.11 Å². The Balaban J connectivity index is 2.29. The van der Waals surface area contributed by atoms with Crippen molar-refractivity contribution in [1.29, 1.82) is 0 Å². The first-order valence-corrected chi connectivity index (χ1v) is 6.33. The lowest BCUT2D eigenvalue weighted by atomic mass is 9.82. The summed E-state index contributed by atoms with van der Waals surface area (Å²) in [7, 11) is 1.64. The van der Waals surface area contributed by atoms with Crippen LogP contribution >= 0.6 is 0 Å². The van der Waals surface area contributed by atoms with Crippen molar-refractivity contribution < 1.29 is 9.84 Å². The van der Waals surface area contributed by atoms with Gasteiger partial charge in [-0.25, -0.2) is 0 Å². The summed E-state index contributed by atoms with van der Waals surface area (Å²) in [5.74, 6) is 0.752. The van der Waals surface area contributed by atoms with Gasteiger partial charge in [-0.1, -0.05) is 25.1 Å². The highest BCUT2D eigenvalue weighted by Gasteiger charge is 2.32. The van der Waals surface area contributed by atoms with Crippen LogP contribution in [0.2, 0.25) is 0 Å². The van der Waals surface area contributed by atoms with Gasteiger partial charge in [-0.2, -0.15) is 0 Å². The van der Waals surface area contributed by atoms with Crippen LogP contribution in [0.5, 0.6) is 5.75 Å². The number of nitrogens with zero attached hydrogens (tertiary/aromatic N) is 1. The number of benzene rings is 1. The zero-order valence-electron chi connectivity index (χ0n) is 11.5. The fraction of sp³-hybridized carbons (Fsp3) is 0.312. The third-order valence-electron chi connectivity index (χ3n) is 3.64. The first-order valence-electron chi connectivity index (χ1n) is 6.33. The van der Waals surface area contributed by atoms with Gasteiger partial charge in [0.1, 0.15) is 11.4 Å². The summed E-state index contributed by atoms with van der Waals surface area (Å²) in [5, 5.41) is 10.7. The summed E-state index contributed by atoms with van der Waals surface area (Å²) < 4.78 is 5.14. The van der Waals surface area contributed by atoms with Crippen molar-refractivity contribution in [3.05, 3.63) is 59.9 Å². The minimum atomic E-state index is -1.00. The molecule has 0 saturated carbocycles. The third kappa shape index (κ3) is 2.76. The molecule has 3 nitrogen and oxygen atoms in total. The highest BCUT2D eigenvalue weighted by Crippen LogP contribution is 2.35. The second-order valence-corrected chi connectivity index (χ2v) is 4.86. The van der Waals surface area contributed by atoms with E-state index in [1.54, 1.807) is 20.2 Å². The summed E-state index contributed by atoms with van der Waals surface area (Å²) >= 11 is 0. The zero-order chi connectivity index (χ0) is 13.9. The molecule has 0 aliphatic carbocycles. The average Bonchev–Trinajstić information content (AvgIpc) is 2.47. The van der Waals surface area contributed by atoms with Crippen LogP contribution in [0.3, 0.4) is 0 Å². The number of hydrogen-bond donors (Lipinski definition) is 1. The number of hydrogen-bond acceptors (Lipinski definition) is 3. The molecule has 0 bridgehead atoms. The lowest BCUT2D eigenvalue weighted by molar-refractivity contribution is 0.0280. The topological polar surface area (TPSA) is 42.4 Å². The molecular formula is C16H19NO2. The van der Waals surface area contributed by atoms with E-state index in [0.29, 0.717) is 5.69 Å². The van der Waals surface area contributed by atoms with Gasteiger partial charge in [0, 0.05) is 12.1 Å². The summed E-state index contributed by atoms with van der Waals surface area (Å²) in [6, 6.07) is 13.3. The lowest BCUT2D eigenvalue weighted by Gasteiger charge is -2.30. The molecule has 2 rings (SSSR count). The maximum atomic E-state index is 10.7. The Labute approximate surface area is 113 Å². The van der Waals surface area contributed by atoms with Crippen molar-refractivity contribution in [3.8, 4) is 5.75 Å². The van der Waals surface area contributed by atoms with Crippen LogP contribution in [0, 0.1) is 0 Å². The Morgan fingerprint density at radius 1 is 1.16 bits per heavy atom. The molecule has 0 spiro atoms. The van der Waals surface area contributed by atoms with Crippen LogP contribution in [-0.2, 0) is 5.60 Å². The van der Waals surface area contributed by atoms with E-state index >= 15 is 0 Å². The van der Waals surface area contributed by atoms with Crippen molar-refractivity contribution in [2.24, 2.45) is 0 Å². The first kappa shape index (κ1) is 13.6. The molecule has 100 valence electrons. The molecular weight excluding hydrogens is 238 g/mol. The molecule has 0 aliphatic heterocycles. The number of ether oxygens (including phenoxy) is 1. The standard InChI is InChI=1S/C16H19NO2/c1-12(13-7-9-14(19-3)10-8-13)16(2,18)15-6-4-5-11-17-15/h4-12,18H,1-3H3/t12-,16-/m1/s1. The minimum absolute atomic E-state index is 0.0618. The molecule has 1 N–H and O–H groups in total. The van der Waals surface area contributed by atoms with Gasteiger partial charge in [0.05, 0.1) is 12.8 Å². The van der Waals surface area contributed by atoms with E-state index in [1.807, 2.05) is 49.4 Å². The van der Waals surface area contributed by atoms with Gasteiger partial charge in [0.2, 0.25) is 0 Å². The molecule has 0 fully saturated rings. The Hall–Kier alpha value is -1.87. The number of pyridine rings is 1. The molecule has 1 heterocycles. The second-order valence-electron chi connectivity index (χ2n) is 4.86. The van der Waals surface area contributed by atoms with E-state index in [2.05, 4.69) is 4.98 Å². The van der Waals surface area contributed by atoms with Crippen LogP contribution in [0.25, 0.3) is 0 Å². The fourth-order valence-electron chi connectivity index (χ4n) is 2.10. The second kappa shape index (κ2) is 5.41. The van der Waals surface area contributed by atoms with Crippen LogP contribution in [0.4, 0.5) is 0 Å². The molecule has 0 amide bonds. The Morgan fingerprint density at radius 2 is 1.84 bits per heavy atom. The lowest BCUT2D eigenvalue weighted by Crippen LogP contribution is -2.29. The van der Waals surface area contributed by atoms with Gasteiger partial charge in [-0.15, -0.1) is 0 Å². The van der Waals surface area contributed by atoms with Gasteiger partial charge in [-0.3, -0.25) is 4.98 Å². The quantitative estimate of drug-likeness (QED) is 0.915. The number of aromatic nitrogens is 1. The molecule has 1 aromatic heterocycles. The van der Waals surface area contributed by atoms with Crippen molar-refractivity contribution in [1.82, 2.24) is 4.98 Å². The Morgan fingerprint density at radius 3 is 2.37 bits per heavy atom. The summed E-state index contributed by atoms with van der Waals surface area (Å²) in [6.07, 6.45) is 1.70. The molecule has 2 aromatic rings. The van der Waals surface area contributed by atoms with Crippen LogP contribution in [-0.4, -0.2) is 17.2 Å². The summed E-state index contributed by atoms with van der Waals surface area (Å²) in [6.45, 7) is 3.79. The SMILES string of the molecule is COc1ccc([C@@H](C)[C@@](C)(O)c2ccccn2)cc1. The van der Waals surface area contributed by atoms with E-state index in [1.165, 1.54) is 0 Å². The highest BCUT2D eigenvalue weighted by atomic mass is 16.5. The Kier molecular flexibility index (Phi) is 3.86. The molecule has 3 heteroatoms. The first-order chi connectivity index (χ1) is 9.05. The van der Waals surface area contributed by atoms with E-state index < -0.39 is 5.60 Å². The van der Waals surface area contributed by atoms with Crippen molar-refractivity contribution in [3.63, 3.8) is 0 Å². The highest BCUT2D eigenvalue weighted by molar-refractivity contribution is 5.32. The maximum Gasteiger partial charge on any atom is 0.118 e. The monoisotopic (exact) mass is 257 g/mol. The zero-order valence-corrected chi connectivity index (χ0v) is 11.5. The molecule has 0 radical (unpaired) electrons. The largest absolute Gasteiger partial charge is 0.497 e. The predicted molar refractivity (Wildman–Crippen MR) is 75.2 cm³/mol. The predicted octanol–water partition coefficient (Wildman–Crippen LogP) is 3.10. The molecule has 1 aromatic carbocycles. The van der Waals surface area contributed by atoms with E-state index in [0.717, 1.165) is 11.3 Å². The smallest absolute Gasteiger partial charge is 0.118 e. The number of rotatable bonds is 4. The molecule has 0 aliphatic rings. The fourth-order valence-corrected chi connectivity index (χ4v) is 2.10. The number of aliphatic hydroxyl groups is 1. The van der Waals surface area contributed by atoms with Crippen molar-refractivity contribution >= 4 is 0 Å². The molecule has 19 heavy (non-hydrogen) atoms. The van der Waals surface area contributed by atoms with Crippen LogP contribution in [0.1, 0.15) is 31.0 Å². The minimum Gasteiger partial charge on any atom is -0.497 e. The van der Waals surface area contributed by atoms with Gasteiger partial charge in [0.25, 0.3) is 0 Å². The summed E-state index contributed by atoms with van der Waals surface area (Å²) in [5.41, 5.74) is 0.727.